The fourth-order valence-electron chi connectivity index (χ4n) is 2.66. The topological polar surface area (TPSA) is 69.8 Å². The molecule has 1 saturated heterocycles. The molecule has 3 N–H and O–H groups in total. The van der Waals surface area contributed by atoms with Crippen molar-refractivity contribution >= 4 is 5.91 Å². The van der Waals surface area contributed by atoms with Crippen molar-refractivity contribution in [1.29, 1.82) is 0 Å². The SMILES string of the molecule is CCCC1(C(=O)NCCc2cnc[nH]2)CCCN1. The molecule has 1 aliphatic rings. The van der Waals surface area contributed by atoms with E-state index in [1.807, 2.05) is 0 Å². The molecule has 0 spiro atoms. The van der Waals surface area contributed by atoms with Crippen LogP contribution in [0.15, 0.2) is 12.5 Å². The second-order valence-corrected chi connectivity index (χ2v) is 4.95. The third-order valence-corrected chi connectivity index (χ3v) is 3.59. The number of aromatic nitrogens is 2. The van der Waals surface area contributed by atoms with Crippen LogP contribution < -0.4 is 10.6 Å². The van der Waals surface area contributed by atoms with Crippen molar-refractivity contribution < 1.29 is 4.79 Å². The minimum atomic E-state index is -0.317. The molecular formula is C13H22N4O. The van der Waals surface area contributed by atoms with Gasteiger partial charge in [0.2, 0.25) is 5.91 Å². The van der Waals surface area contributed by atoms with Gasteiger partial charge in [0.25, 0.3) is 0 Å². The lowest BCUT2D eigenvalue weighted by Gasteiger charge is -2.27. The molecule has 0 saturated carbocycles. The fourth-order valence-corrected chi connectivity index (χ4v) is 2.66. The molecule has 1 aromatic rings. The summed E-state index contributed by atoms with van der Waals surface area (Å²) in [6.07, 6.45) is 8.25. The molecule has 100 valence electrons. The van der Waals surface area contributed by atoms with E-state index in [9.17, 15) is 4.79 Å². The van der Waals surface area contributed by atoms with Gasteiger partial charge in [0.15, 0.2) is 0 Å². The maximum Gasteiger partial charge on any atom is 0.240 e. The molecule has 1 unspecified atom stereocenters. The molecule has 5 heteroatoms. The van der Waals surface area contributed by atoms with Gasteiger partial charge in [-0.15, -0.1) is 0 Å². The van der Waals surface area contributed by atoms with Gasteiger partial charge in [0.1, 0.15) is 0 Å². The van der Waals surface area contributed by atoms with Gasteiger partial charge < -0.3 is 15.6 Å². The number of nitrogens with zero attached hydrogens (tertiary/aromatic N) is 1. The van der Waals surface area contributed by atoms with Gasteiger partial charge in [0.05, 0.1) is 11.9 Å². The largest absolute Gasteiger partial charge is 0.354 e. The summed E-state index contributed by atoms with van der Waals surface area (Å²) in [4.78, 5) is 19.3. The minimum Gasteiger partial charge on any atom is -0.354 e. The third kappa shape index (κ3) is 2.90. The summed E-state index contributed by atoms with van der Waals surface area (Å²) in [5.41, 5.74) is 0.738. The first kappa shape index (κ1) is 13.1. The van der Waals surface area contributed by atoms with Crippen LogP contribution in [0.25, 0.3) is 0 Å². The van der Waals surface area contributed by atoms with E-state index in [1.54, 1.807) is 12.5 Å². The van der Waals surface area contributed by atoms with Gasteiger partial charge in [-0.05, 0) is 25.8 Å². The number of hydrogen-bond donors (Lipinski definition) is 3. The predicted molar refractivity (Wildman–Crippen MR) is 70.2 cm³/mol. The van der Waals surface area contributed by atoms with E-state index < -0.39 is 0 Å². The van der Waals surface area contributed by atoms with E-state index in [0.717, 1.165) is 44.3 Å². The molecule has 2 rings (SSSR count). The molecule has 2 heterocycles. The zero-order chi connectivity index (χ0) is 12.8. The second kappa shape index (κ2) is 6.00. The van der Waals surface area contributed by atoms with Crippen molar-refractivity contribution in [3.8, 4) is 0 Å². The molecule has 1 amide bonds. The smallest absolute Gasteiger partial charge is 0.240 e. The van der Waals surface area contributed by atoms with Crippen molar-refractivity contribution in [3.63, 3.8) is 0 Å². The van der Waals surface area contributed by atoms with Crippen molar-refractivity contribution in [2.24, 2.45) is 0 Å². The summed E-state index contributed by atoms with van der Waals surface area (Å²) in [6, 6.07) is 0. The highest BCUT2D eigenvalue weighted by molar-refractivity contribution is 5.86. The Morgan fingerprint density at radius 2 is 2.50 bits per heavy atom. The number of rotatable bonds is 6. The van der Waals surface area contributed by atoms with E-state index in [2.05, 4.69) is 27.5 Å². The molecule has 1 aromatic heterocycles. The highest BCUT2D eigenvalue weighted by Crippen LogP contribution is 2.24. The monoisotopic (exact) mass is 250 g/mol. The van der Waals surface area contributed by atoms with Crippen molar-refractivity contribution in [2.75, 3.05) is 13.1 Å². The summed E-state index contributed by atoms with van der Waals surface area (Å²) in [5, 5.41) is 6.42. The van der Waals surface area contributed by atoms with Crippen LogP contribution >= 0.6 is 0 Å². The first-order chi connectivity index (χ1) is 8.77. The first-order valence-corrected chi connectivity index (χ1v) is 6.77. The number of carbonyl (C=O) groups is 1. The van der Waals surface area contributed by atoms with Crippen LogP contribution in [-0.2, 0) is 11.2 Å². The zero-order valence-electron chi connectivity index (χ0n) is 11.0. The Balaban J connectivity index is 1.82. The number of carbonyl (C=O) groups excluding carboxylic acids is 1. The van der Waals surface area contributed by atoms with Gasteiger partial charge in [-0.1, -0.05) is 13.3 Å². The normalized spacial score (nSPS) is 23.2. The number of imidazole rings is 1. The van der Waals surface area contributed by atoms with Gasteiger partial charge in [0, 0.05) is 24.9 Å². The Hall–Kier alpha value is -1.36. The molecule has 18 heavy (non-hydrogen) atoms. The predicted octanol–water partition coefficient (Wildman–Crippen LogP) is 0.991. The third-order valence-electron chi connectivity index (χ3n) is 3.59. The minimum absolute atomic E-state index is 0.154. The van der Waals surface area contributed by atoms with Crippen LogP contribution in [0.4, 0.5) is 0 Å². The molecular weight excluding hydrogens is 228 g/mol. The van der Waals surface area contributed by atoms with Crippen molar-refractivity contribution in [3.05, 3.63) is 18.2 Å². The Morgan fingerprint density at radius 3 is 3.11 bits per heavy atom. The van der Waals surface area contributed by atoms with Crippen LogP contribution in [0.2, 0.25) is 0 Å². The highest BCUT2D eigenvalue weighted by atomic mass is 16.2. The molecule has 5 nitrogen and oxygen atoms in total. The summed E-state index contributed by atoms with van der Waals surface area (Å²) in [6.45, 7) is 3.74. The van der Waals surface area contributed by atoms with Crippen LogP contribution in [0.3, 0.4) is 0 Å². The molecule has 1 aliphatic heterocycles. The molecule has 1 atom stereocenters. The number of amides is 1. The molecule has 0 radical (unpaired) electrons. The lowest BCUT2D eigenvalue weighted by Crippen LogP contribution is -2.53. The number of H-pyrrole nitrogens is 1. The average molecular weight is 250 g/mol. The summed E-state index contributed by atoms with van der Waals surface area (Å²) in [5.74, 6) is 0.154. The van der Waals surface area contributed by atoms with E-state index >= 15 is 0 Å². The molecule has 0 bridgehead atoms. The fraction of sp³-hybridized carbons (Fsp3) is 0.692. The summed E-state index contributed by atoms with van der Waals surface area (Å²) < 4.78 is 0. The maximum absolute atomic E-state index is 12.3. The van der Waals surface area contributed by atoms with Crippen LogP contribution in [0, 0.1) is 0 Å². The Morgan fingerprint density at radius 1 is 1.61 bits per heavy atom. The highest BCUT2D eigenvalue weighted by Gasteiger charge is 2.39. The average Bonchev–Trinajstić information content (AvgIpc) is 3.01. The van der Waals surface area contributed by atoms with Gasteiger partial charge in [-0.25, -0.2) is 4.98 Å². The van der Waals surface area contributed by atoms with Crippen LogP contribution in [0.5, 0.6) is 0 Å². The van der Waals surface area contributed by atoms with Gasteiger partial charge in [-0.2, -0.15) is 0 Å². The maximum atomic E-state index is 12.3. The second-order valence-electron chi connectivity index (χ2n) is 4.95. The Labute approximate surface area is 108 Å². The zero-order valence-corrected chi connectivity index (χ0v) is 11.0. The molecule has 0 aliphatic carbocycles. The Bertz CT molecular complexity index is 368. The lowest BCUT2D eigenvalue weighted by atomic mass is 9.91. The summed E-state index contributed by atoms with van der Waals surface area (Å²) in [7, 11) is 0. The molecule has 0 aromatic carbocycles. The standard InChI is InChI=1S/C13H22N4O/c1-2-5-13(6-3-7-17-13)12(18)15-8-4-11-9-14-10-16-11/h9-10,17H,2-8H2,1H3,(H,14,16)(H,15,18). The number of aromatic amines is 1. The molecule has 1 fully saturated rings. The van der Waals surface area contributed by atoms with E-state index in [0.29, 0.717) is 6.54 Å². The van der Waals surface area contributed by atoms with Crippen molar-refractivity contribution in [1.82, 2.24) is 20.6 Å². The van der Waals surface area contributed by atoms with Crippen LogP contribution in [-0.4, -0.2) is 34.5 Å². The van der Waals surface area contributed by atoms with Crippen molar-refractivity contribution in [2.45, 2.75) is 44.6 Å². The first-order valence-electron chi connectivity index (χ1n) is 6.77. The van der Waals surface area contributed by atoms with E-state index in [1.165, 1.54) is 0 Å². The quantitative estimate of drug-likeness (QED) is 0.705. The van der Waals surface area contributed by atoms with E-state index in [4.69, 9.17) is 0 Å². The number of hydrogen-bond acceptors (Lipinski definition) is 3. The van der Waals surface area contributed by atoms with Gasteiger partial charge >= 0.3 is 0 Å². The number of nitrogens with one attached hydrogen (secondary N) is 3. The van der Waals surface area contributed by atoms with Crippen LogP contribution in [0.1, 0.15) is 38.3 Å². The summed E-state index contributed by atoms with van der Waals surface area (Å²) >= 11 is 0. The lowest BCUT2D eigenvalue weighted by molar-refractivity contribution is -0.127. The van der Waals surface area contributed by atoms with Gasteiger partial charge in [-0.3, -0.25) is 4.79 Å². The Kier molecular flexibility index (Phi) is 4.36. The van der Waals surface area contributed by atoms with E-state index in [-0.39, 0.29) is 11.4 Å².